The van der Waals surface area contributed by atoms with Gasteiger partial charge < -0.3 is 5.73 Å². The van der Waals surface area contributed by atoms with Crippen molar-refractivity contribution in [2.24, 2.45) is 11.1 Å². The molecule has 1 amide bonds. The molecule has 0 radical (unpaired) electrons. The van der Waals surface area contributed by atoms with E-state index < -0.39 is 0 Å². The maximum atomic E-state index is 12.1. The summed E-state index contributed by atoms with van der Waals surface area (Å²) in [5.41, 5.74) is 9.74. The first-order valence-electron chi connectivity index (χ1n) is 7.28. The number of rotatable bonds is 2. The predicted molar refractivity (Wildman–Crippen MR) is 75.6 cm³/mol. The highest BCUT2D eigenvalue weighted by Gasteiger charge is 2.65. The van der Waals surface area contributed by atoms with Gasteiger partial charge in [-0.2, -0.15) is 0 Å². The average Bonchev–Trinajstić information content (AvgIpc) is 2.94. The Morgan fingerprint density at radius 1 is 1.16 bits per heavy atom. The van der Waals surface area contributed by atoms with Crippen LogP contribution in [-0.4, -0.2) is 5.91 Å². The molecule has 2 heteroatoms. The molecule has 0 bridgehead atoms. The van der Waals surface area contributed by atoms with Crippen LogP contribution in [0.15, 0.2) is 24.3 Å². The smallest absolute Gasteiger partial charge is 0.224 e. The Bertz CT molecular complexity index is 603. The van der Waals surface area contributed by atoms with E-state index in [1.807, 2.05) is 0 Å². The molecular formula is C17H19NO. The Morgan fingerprint density at radius 3 is 2.79 bits per heavy atom. The standard InChI is InChI=1S/C17H19NO/c18-15(19)17-9-3-8-16(17,10-11-17)14-7-2-5-12-4-1-6-13(12)14/h1-2,5-7H,3-4,8-11H2,(H2,18,19). The molecule has 19 heavy (non-hydrogen) atoms. The lowest BCUT2D eigenvalue weighted by molar-refractivity contribution is -0.138. The highest BCUT2D eigenvalue weighted by molar-refractivity contribution is 5.86. The molecule has 0 saturated heterocycles. The van der Waals surface area contributed by atoms with E-state index in [4.69, 9.17) is 5.73 Å². The van der Waals surface area contributed by atoms with Crippen molar-refractivity contribution in [1.29, 1.82) is 0 Å². The van der Waals surface area contributed by atoms with Gasteiger partial charge in [0, 0.05) is 5.41 Å². The van der Waals surface area contributed by atoms with Gasteiger partial charge in [0.2, 0.25) is 5.91 Å². The highest BCUT2D eigenvalue weighted by Crippen LogP contribution is 2.67. The number of benzene rings is 1. The maximum Gasteiger partial charge on any atom is 0.224 e. The molecule has 2 atom stereocenters. The first-order chi connectivity index (χ1) is 9.20. The summed E-state index contributed by atoms with van der Waals surface area (Å²) in [4.78, 5) is 12.1. The van der Waals surface area contributed by atoms with E-state index in [1.165, 1.54) is 16.7 Å². The van der Waals surface area contributed by atoms with Gasteiger partial charge >= 0.3 is 0 Å². The van der Waals surface area contributed by atoms with Crippen molar-refractivity contribution in [3.8, 4) is 0 Å². The predicted octanol–water partition coefficient (Wildman–Crippen LogP) is 2.94. The average molecular weight is 253 g/mol. The number of hydrogen-bond acceptors (Lipinski definition) is 1. The zero-order valence-electron chi connectivity index (χ0n) is 11.1. The minimum atomic E-state index is -0.251. The fourth-order valence-corrected chi connectivity index (χ4v) is 4.87. The van der Waals surface area contributed by atoms with Crippen LogP contribution >= 0.6 is 0 Å². The summed E-state index contributed by atoms with van der Waals surface area (Å²) in [5, 5.41) is 0. The second kappa shape index (κ2) is 3.50. The van der Waals surface area contributed by atoms with E-state index in [0.29, 0.717) is 0 Å². The number of carbonyl (C=O) groups excluding carboxylic acids is 1. The normalized spacial score (nSPS) is 34.7. The number of allylic oxidation sites excluding steroid dienone is 1. The summed E-state index contributed by atoms with van der Waals surface area (Å²) in [7, 11) is 0. The van der Waals surface area contributed by atoms with Crippen molar-refractivity contribution in [2.45, 2.75) is 43.9 Å². The molecule has 0 aromatic heterocycles. The first kappa shape index (κ1) is 11.3. The number of nitrogens with two attached hydrogens (primary N) is 1. The van der Waals surface area contributed by atoms with Crippen molar-refractivity contribution in [3.63, 3.8) is 0 Å². The summed E-state index contributed by atoms with van der Waals surface area (Å²) in [6, 6.07) is 6.59. The Kier molecular flexibility index (Phi) is 2.08. The Hall–Kier alpha value is -1.57. The highest BCUT2D eigenvalue weighted by atomic mass is 16.1. The minimum absolute atomic E-state index is 0.0405. The summed E-state index contributed by atoms with van der Waals surface area (Å²) < 4.78 is 0. The molecule has 1 aromatic carbocycles. The molecule has 0 heterocycles. The molecule has 0 spiro atoms. The number of primary amides is 1. The topological polar surface area (TPSA) is 43.1 Å². The zero-order valence-corrected chi connectivity index (χ0v) is 11.1. The third-order valence-corrected chi connectivity index (χ3v) is 5.91. The first-order valence-corrected chi connectivity index (χ1v) is 7.28. The molecule has 98 valence electrons. The fraction of sp³-hybridized carbons (Fsp3) is 0.471. The van der Waals surface area contributed by atoms with E-state index in [9.17, 15) is 4.79 Å². The van der Waals surface area contributed by atoms with Crippen LogP contribution in [0.5, 0.6) is 0 Å². The van der Waals surface area contributed by atoms with E-state index in [1.54, 1.807) is 0 Å². The second-order valence-corrected chi connectivity index (χ2v) is 6.37. The summed E-state index contributed by atoms with van der Waals surface area (Å²) in [5.74, 6) is -0.0733. The second-order valence-electron chi connectivity index (χ2n) is 6.37. The molecular weight excluding hydrogens is 234 g/mol. The Labute approximate surface area is 113 Å². The van der Waals surface area contributed by atoms with E-state index >= 15 is 0 Å². The van der Waals surface area contributed by atoms with Crippen LogP contribution in [0.4, 0.5) is 0 Å². The van der Waals surface area contributed by atoms with Crippen LogP contribution in [0.1, 0.15) is 48.8 Å². The van der Waals surface area contributed by atoms with Gasteiger partial charge in [0.1, 0.15) is 0 Å². The summed E-state index contributed by atoms with van der Waals surface area (Å²) in [6.45, 7) is 0. The van der Waals surface area contributed by atoms with Crippen molar-refractivity contribution < 1.29 is 4.79 Å². The molecule has 3 aliphatic rings. The lowest BCUT2D eigenvalue weighted by Crippen LogP contribution is -2.58. The quantitative estimate of drug-likeness (QED) is 0.865. The van der Waals surface area contributed by atoms with Gasteiger partial charge in [-0.05, 0) is 48.8 Å². The molecule has 2 unspecified atom stereocenters. The van der Waals surface area contributed by atoms with Gasteiger partial charge in [0.25, 0.3) is 0 Å². The van der Waals surface area contributed by atoms with Gasteiger partial charge in [-0.25, -0.2) is 0 Å². The molecule has 2 nitrogen and oxygen atoms in total. The van der Waals surface area contributed by atoms with Crippen molar-refractivity contribution >= 4 is 12.0 Å². The molecule has 3 aliphatic carbocycles. The minimum Gasteiger partial charge on any atom is -0.369 e. The van der Waals surface area contributed by atoms with Crippen LogP contribution in [0.2, 0.25) is 0 Å². The lowest BCUT2D eigenvalue weighted by atomic mass is 9.47. The van der Waals surface area contributed by atoms with Gasteiger partial charge in [-0.15, -0.1) is 0 Å². The molecule has 0 aliphatic heterocycles. The number of fused-ring (bicyclic) bond motifs is 2. The fourth-order valence-electron chi connectivity index (χ4n) is 4.87. The number of carbonyl (C=O) groups is 1. The van der Waals surface area contributed by atoms with Crippen LogP contribution in [-0.2, 0) is 16.6 Å². The van der Waals surface area contributed by atoms with E-state index in [-0.39, 0.29) is 16.7 Å². The largest absolute Gasteiger partial charge is 0.369 e. The maximum absolute atomic E-state index is 12.1. The van der Waals surface area contributed by atoms with E-state index in [0.717, 1.165) is 38.5 Å². The molecule has 4 rings (SSSR count). The lowest BCUT2D eigenvalue weighted by Gasteiger charge is -2.54. The van der Waals surface area contributed by atoms with Gasteiger partial charge in [0.15, 0.2) is 0 Å². The van der Waals surface area contributed by atoms with Gasteiger partial charge in [-0.3, -0.25) is 4.79 Å². The molecule has 2 saturated carbocycles. The van der Waals surface area contributed by atoms with Gasteiger partial charge in [0.05, 0.1) is 5.41 Å². The number of amides is 1. The van der Waals surface area contributed by atoms with Crippen LogP contribution in [0.3, 0.4) is 0 Å². The Morgan fingerprint density at radius 2 is 2.05 bits per heavy atom. The third kappa shape index (κ3) is 1.15. The Balaban J connectivity index is 1.91. The third-order valence-electron chi connectivity index (χ3n) is 5.91. The van der Waals surface area contributed by atoms with Crippen LogP contribution < -0.4 is 5.73 Å². The zero-order chi connectivity index (χ0) is 13.1. The van der Waals surface area contributed by atoms with Crippen molar-refractivity contribution in [1.82, 2.24) is 0 Å². The monoisotopic (exact) mass is 253 g/mol. The SMILES string of the molecule is NC(=O)C12CCCC1(c1cccc3c1C=CC3)CC2. The van der Waals surface area contributed by atoms with Gasteiger partial charge in [-0.1, -0.05) is 36.8 Å². The summed E-state index contributed by atoms with van der Waals surface area (Å²) in [6.07, 6.45) is 10.8. The van der Waals surface area contributed by atoms with Crippen molar-refractivity contribution in [3.05, 3.63) is 41.0 Å². The van der Waals surface area contributed by atoms with Crippen LogP contribution in [0.25, 0.3) is 6.08 Å². The summed E-state index contributed by atoms with van der Waals surface area (Å²) >= 11 is 0. The molecule has 2 fully saturated rings. The molecule has 2 N–H and O–H groups in total. The van der Waals surface area contributed by atoms with Crippen LogP contribution in [0, 0.1) is 5.41 Å². The molecule has 1 aromatic rings. The number of hydrogen-bond donors (Lipinski definition) is 1. The van der Waals surface area contributed by atoms with E-state index in [2.05, 4.69) is 30.4 Å². The van der Waals surface area contributed by atoms with Crippen molar-refractivity contribution in [2.75, 3.05) is 0 Å².